The average molecular weight is 444 g/mol. The number of unbranched alkanes of at least 4 members (excludes halogenated alkanes) is 3. The molecule has 0 saturated heterocycles. The zero-order valence-electron chi connectivity index (χ0n) is 21.5. The molecule has 182 valence electrons. The third-order valence-corrected chi connectivity index (χ3v) is 5.91. The van der Waals surface area contributed by atoms with Crippen LogP contribution in [0.25, 0.3) is 0 Å². The first-order valence-electron chi connectivity index (χ1n) is 12.4. The van der Waals surface area contributed by atoms with Crippen molar-refractivity contribution in [3.05, 3.63) is 65.5 Å². The van der Waals surface area contributed by atoms with Crippen LogP contribution in [0.4, 0.5) is 0 Å². The lowest BCUT2D eigenvalue weighted by Crippen LogP contribution is -2.16. The van der Waals surface area contributed by atoms with Crippen LogP contribution >= 0.6 is 0 Å². The number of carbonyl (C=O) groups is 1. The number of pyridine rings is 1. The Labute approximate surface area is 198 Å². The van der Waals surface area contributed by atoms with Crippen LogP contribution in [0.1, 0.15) is 98.0 Å². The summed E-state index contributed by atoms with van der Waals surface area (Å²) in [5.74, 6) is 1.43. The molecule has 3 heteroatoms. The fourth-order valence-electron chi connectivity index (χ4n) is 4.01. The van der Waals surface area contributed by atoms with E-state index in [1.165, 1.54) is 74.5 Å². The molecule has 2 N–H and O–H groups in total. The monoisotopic (exact) mass is 443 g/mol. The van der Waals surface area contributed by atoms with Crippen molar-refractivity contribution in [3.63, 3.8) is 0 Å². The first-order valence-corrected chi connectivity index (χ1v) is 12.4. The van der Waals surface area contributed by atoms with Crippen molar-refractivity contribution in [1.29, 1.82) is 0 Å². The van der Waals surface area contributed by atoms with Crippen molar-refractivity contribution in [3.8, 4) is 0 Å². The summed E-state index contributed by atoms with van der Waals surface area (Å²) in [4.78, 5) is 12.1. The van der Waals surface area contributed by atoms with E-state index in [0.29, 0.717) is 5.92 Å². The van der Waals surface area contributed by atoms with Gasteiger partial charge in [0.25, 0.3) is 0 Å². The molecule has 2 aliphatic carbocycles. The highest BCUT2D eigenvalue weighted by atomic mass is 16.1. The van der Waals surface area contributed by atoms with Gasteiger partial charge >= 0.3 is 0 Å². The van der Waals surface area contributed by atoms with Gasteiger partial charge in [0, 0.05) is 12.4 Å². The number of allylic oxidation sites excluding steroid dienone is 5. The van der Waals surface area contributed by atoms with Crippen molar-refractivity contribution in [2.24, 2.45) is 11.8 Å². The Morgan fingerprint density at radius 1 is 1.00 bits per heavy atom. The molecule has 1 fully saturated rings. The first kappa shape index (κ1) is 32.2. The van der Waals surface area contributed by atoms with Gasteiger partial charge in [-0.3, -0.25) is 4.98 Å². The summed E-state index contributed by atoms with van der Waals surface area (Å²) in [6, 6.07) is 4.25. The largest absolute Gasteiger partial charge is 0.412 e. The maximum absolute atomic E-state index is 8.00. The molecule has 0 spiro atoms. The SMILES string of the molecule is C=C(CCCCC)C1CCC2C=C(Cc3ccncc3)C=C2C1.C=O.CC.CCCC.O. The lowest BCUT2D eigenvalue weighted by atomic mass is 9.76. The Hall–Kier alpha value is -2.00. The maximum Gasteiger partial charge on any atom is 0.106 e. The van der Waals surface area contributed by atoms with E-state index in [-0.39, 0.29) is 5.48 Å². The fourth-order valence-corrected chi connectivity index (χ4v) is 4.01. The minimum atomic E-state index is 0. The van der Waals surface area contributed by atoms with Gasteiger partial charge in [-0.25, -0.2) is 0 Å². The molecule has 0 radical (unpaired) electrons. The summed E-state index contributed by atoms with van der Waals surface area (Å²) < 4.78 is 0. The summed E-state index contributed by atoms with van der Waals surface area (Å²) in [6.07, 6.45) is 21.5. The van der Waals surface area contributed by atoms with Gasteiger partial charge in [-0.2, -0.15) is 0 Å². The molecule has 0 aliphatic heterocycles. The highest BCUT2D eigenvalue weighted by Crippen LogP contribution is 2.42. The average Bonchev–Trinajstić information content (AvgIpc) is 3.24. The van der Waals surface area contributed by atoms with E-state index in [0.717, 1.165) is 12.3 Å². The molecule has 2 unspecified atom stereocenters. The Balaban J connectivity index is 0. The van der Waals surface area contributed by atoms with Gasteiger partial charge in [-0.15, -0.1) is 0 Å². The van der Waals surface area contributed by atoms with E-state index >= 15 is 0 Å². The Morgan fingerprint density at radius 3 is 2.19 bits per heavy atom. The molecule has 0 bridgehead atoms. The van der Waals surface area contributed by atoms with E-state index < -0.39 is 0 Å². The second kappa shape index (κ2) is 20.9. The number of hydrogen-bond donors (Lipinski definition) is 0. The van der Waals surface area contributed by atoms with Gasteiger partial charge in [0.15, 0.2) is 0 Å². The zero-order chi connectivity index (χ0) is 23.5. The molecule has 0 amide bonds. The maximum atomic E-state index is 8.00. The van der Waals surface area contributed by atoms with Crippen LogP contribution in [0, 0.1) is 11.8 Å². The summed E-state index contributed by atoms with van der Waals surface area (Å²) in [5.41, 5.74) is 6.01. The summed E-state index contributed by atoms with van der Waals surface area (Å²) >= 11 is 0. The Morgan fingerprint density at radius 2 is 1.62 bits per heavy atom. The molecule has 2 aliphatic rings. The molecule has 32 heavy (non-hydrogen) atoms. The third-order valence-electron chi connectivity index (χ3n) is 5.91. The molecule has 3 rings (SSSR count). The summed E-state index contributed by atoms with van der Waals surface area (Å²) in [6.45, 7) is 17.0. The second-order valence-corrected chi connectivity index (χ2v) is 8.19. The normalized spacial score (nSPS) is 17.9. The highest BCUT2D eigenvalue weighted by Gasteiger charge is 2.28. The molecule has 0 aromatic carbocycles. The number of fused-ring (bicyclic) bond motifs is 1. The minimum absolute atomic E-state index is 0. The number of carbonyl (C=O) groups excluding carboxylic acids is 1. The quantitative estimate of drug-likeness (QED) is 0.303. The van der Waals surface area contributed by atoms with E-state index in [1.807, 2.05) is 33.0 Å². The predicted molar refractivity (Wildman–Crippen MR) is 141 cm³/mol. The number of aromatic nitrogens is 1. The number of nitrogens with zero attached hydrogens (tertiary/aromatic N) is 1. The minimum Gasteiger partial charge on any atom is -0.412 e. The van der Waals surface area contributed by atoms with Crippen molar-refractivity contribution >= 4 is 6.79 Å². The lowest BCUT2D eigenvalue weighted by molar-refractivity contribution is -0.0979. The standard InChI is InChI=1S/C22H29N.C4H10.C2H6.CH2O.H2O/c1-3-4-5-6-17(2)20-7-8-21-14-19(15-22(21)16-20)13-18-9-11-23-12-10-18;1-3-4-2;2*1-2;/h9-12,14-15,20-21H,2-8,13,16H2,1H3;3-4H2,1-2H3;1-2H3;1H2;1H2. The Bertz CT molecular complexity index is 646. The van der Waals surface area contributed by atoms with Crippen LogP contribution in [0.15, 0.2) is 60.0 Å². The van der Waals surface area contributed by atoms with Gasteiger partial charge in [-0.05, 0) is 73.6 Å². The second-order valence-electron chi connectivity index (χ2n) is 8.19. The smallest absolute Gasteiger partial charge is 0.106 e. The Kier molecular flexibility index (Phi) is 21.0. The van der Waals surface area contributed by atoms with Crippen LogP contribution in [-0.4, -0.2) is 17.2 Å². The van der Waals surface area contributed by atoms with Crippen molar-refractivity contribution in [1.82, 2.24) is 4.98 Å². The summed E-state index contributed by atoms with van der Waals surface area (Å²) in [5, 5.41) is 0. The lowest BCUT2D eigenvalue weighted by Gasteiger charge is -2.29. The van der Waals surface area contributed by atoms with Crippen LogP contribution in [0.3, 0.4) is 0 Å². The molecule has 1 saturated carbocycles. The first-order chi connectivity index (χ1) is 15.2. The van der Waals surface area contributed by atoms with Gasteiger partial charge in [0.1, 0.15) is 6.79 Å². The molecule has 1 aromatic heterocycles. The molecule has 3 nitrogen and oxygen atoms in total. The van der Waals surface area contributed by atoms with E-state index in [4.69, 9.17) is 4.79 Å². The number of hydrogen-bond acceptors (Lipinski definition) is 2. The van der Waals surface area contributed by atoms with Crippen LogP contribution in [0.5, 0.6) is 0 Å². The molecule has 2 atom stereocenters. The van der Waals surface area contributed by atoms with Crippen LogP contribution in [0.2, 0.25) is 0 Å². The molecule has 1 heterocycles. The zero-order valence-corrected chi connectivity index (χ0v) is 21.5. The fraction of sp³-hybridized carbons (Fsp3) is 0.586. The van der Waals surface area contributed by atoms with E-state index in [1.54, 1.807) is 5.57 Å². The summed E-state index contributed by atoms with van der Waals surface area (Å²) in [7, 11) is 0. The van der Waals surface area contributed by atoms with Gasteiger partial charge < -0.3 is 10.3 Å². The van der Waals surface area contributed by atoms with Crippen LogP contribution in [-0.2, 0) is 11.2 Å². The van der Waals surface area contributed by atoms with Crippen LogP contribution < -0.4 is 0 Å². The van der Waals surface area contributed by atoms with E-state index in [2.05, 4.69) is 56.6 Å². The van der Waals surface area contributed by atoms with Gasteiger partial charge in [0.2, 0.25) is 0 Å². The van der Waals surface area contributed by atoms with Crippen molar-refractivity contribution < 1.29 is 10.3 Å². The highest BCUT2D eigenvalue weighted by molar-refractivity contribution is 5.40. The topological polar surface area (TPSA) is 61.5 Å². The molecular weight excluding hydrogens is 394 g/mol. The molecule has 1 aromatic rings. The third kappa shape index (κ3) is 12.1. The molecular formula is C29H49NO2. The number of rotatable bonds is 8. The van der Waals surface area contributed by atoms with Crippen molar-refractivity contribution in [2.75, 3.05) is 0 Å². The van der Waals surface area contributed by atoms with Gasteiger partial charge in [-0.1, -0.05) is 90.2 Å². The van der Waals surface area contributed by atoms with E-state index in [9.17, 15) is 0 Å². The predicted octanol–water partition coefficient (Wildman–Crippen LogP) is 7.87. The van der Waals surface area contributed by atoms with Crippen molar-refractivity contribution in [2.45, 2.75) is 98.8 Å². The van der Waals surface area contributed by atoms with Gasteiger partial charge in [0.05, 0.1) is 0 Å².